The lowest BCUT2D eigenvalue weighted by Crippen LogP contribution is -2.42. The van der Waals surface area contributed by atoms with Crippen molar-refractivity contribution < 1.29 is 5.11 Å². The van der Waals surface area contributed by atoms with E-state index in [2.05, 4.69) is 175 Å². The number of phenols is 1. The van der Waals surface area contributed by atoms with Crippen LogP contribution in [0.3, 0.4) is 0 Å². The lowest BCUT2D eigenvalue weighted by Gasteiger charge is -2.38. The van der Waals surface area contributed by atoms with Gasteiger partial charge in [-0.15, -0.1) is 0 Å². The highest BCUT2D eigenvalue weighted by Crippen LogP contribution is 2.47. The van der Waals surface area contributed by atoms with Crippen LogP contribution >= 0.6 is 0 Å². The Hall–Kier alpha value is -5.16. The molecule has 2 heterocycles. The summed E-state index contributed by atoms with van der Waals surface area (Å²) in [5, 5.41) is 12.2. The first-order chi connectivity index (χ1) is 27.6. The molecule has 1 aromatic heterocycles. The van der Waals surface area contributed by atoms with Gasteiger partial charge >= 0.3 is 0 Å². The lowest BCUT2D eigenvalue weighted by atomic mass is 9.79. The zero-order valence-electron chi connectivity index (χ0n) is 36.0. The van der Waals surface area contributed by atoms with Gasteiger partial charge < -0.3 is 10.0 Å². The topological polar surface area (TPSA) is 53.6 Å². The summed E-state index contributed by atoms with van der Waals surface area (Å²) in [6, 6.07) is 38.9. The molecule has 0 radical (unpaired) electrons. The van der Waals surface area contributed by atoms with Gasteiger partial charge in [0.1, 0.15) is 17.4 Å². The van der Waals surface area contributed by atoms with E-state index in [1.165, 1.54) is 59.9 Å². The fourth-order valence-corrected chi connectivity index (χ4v) is 9.86. The van der Waals surface area contributed by atoms with Crippen molar-refractivity contribution in [2.24, 2.45) is 4.99 Å². The Morgan fingerprint density at radius 3 is 2.03 bits per heavy atom. The number of fused-ring (bicyclic) bond motifs is 4. The molecule has 1 aliphatic heterocycles. The molecule has 0 saturated heterocycles. The third-order valence-corrected chi connectivity index (χ3v) is 13.1. The molecule has 5 aromatic carbocycles. The molecule has 0 spiro atoms. The van der Waals surface area contributed by atoms with Gasteiger partial charge in [-0.05, 0) is 93.7 Å². The summed E-state index contributed by atoms with van der Waals surface area (Å²) in [6.07, 6.45) is 7.34. The molecule has 2 atom stereocenters. The highest BCUT2D eigenvalue weighted by Gasteiger charge is 2.46. The summed E-state index contributed by atoms with van der Waals surface area (Å²) in [5.74, 6) is 2.18. The molecule has 1 fully saturated rings. The van der Waals surface area contributed by atoms with E-state index in [0.717, 1.165) is 57.1 Å². The van der Waals surface area contributed by atoms with Crippen LogP contribution in [0.4, 0.5) is 0 Å². The lowest BCUT2D eigenvalue weighted by molar-refractivity contribution is 0.198. The number of amidine groups is 1. The number of aromatic nitrogens is 2. The number of rotatable bonds is 5. The van der Waals surface area contributed by atoms with Gasteiger partial charge in [-0.2, -0.15) is 0 Å². The van der Waals surface area contributed by atoms with E-state index in [4.69, 9.17) is 9.98 Å². The number of hydrogen-bond acceptors (Lipinski definition) is 4. The third kappa shape index (κ3) is 6.65. The molecule has 0 amide bonds. The predicted octanol–water partition coefficient (Wildman–Crippen LogP) is 13.0. The summed E-state index contributed by atoms with van der Waals surface area (Å²) >= 11 is 0. The maximum absolute atomic E-state index is 12.2. The van der Waals surface area contributed by atoms with Crippen molar-refractivity contribution in [2.75, 3.05) is 0 Å². The first-order valence-corrected chi connectivity index (χ1v) is 21.6. The van der Waals surface area contributed by atoms with Gasteiger partial charge in [0.2, 0.25) is 0 Å². The molecule has 1 N–H and O–H groups in total. The average molecular weight is 769 g/mol. The zero-order chi connectivity index (χ0) is 40.7. The maximum Gasteiger partial charge on any atom is 0.149 e. The highest BCUT2D eigenvalue weighted by molar-refractivity contribution is 6.03. The van der Waals surface area contributed by atoms with E-state index >= 15 is 0 Å². The average Bonchev–Trinajstić information content (AvgIpc) is 3.87. The zero-order valence-corrected chi connectivity index (χ0v) is 36.0. The SMILES string of the molecule is CC(C)(C)c1ccc(-n2c(-c3cc(C(C)(C)C)cc(C(C)(C)C)c3O)nc3c(-c4cccc(C5=N[C@H]6Cc7ccccc7[C@H]6N5C5CCCCC5)c4)cccc32)cc1. The van der Waals surface area contributed by atoms with Crippen LogP contribution in [0.2, 0.25) is 0 Å². The number of para-hydroxylation sites is 1. The van der Waals surface area contributed by atoms with Gasteiger partial charge in [-0.3, -0.25) is 9.56 Å². The van der Waals surface area contributed by atoms with Crippen molar-refractivity contribution >= 4 is 16.9 Å². The Labute approximate surface area is 345 Å². The second-order valence-electron chi connectivity index (χ2n) is 20.3. The normalized spacial score (nSPS) is 18.8. The fraction of sp³-hybridized carbons (Fsp3) is 0.396. The largest absolute Gasteiger partial charge is 0.507 e. The number of imidazole rings is 1. The minimum atomic E-state index is -0.272. The standard InChI is InChI=1S/C53H60N4O/c1-51(2,3)36-25-27-39(28-26-36)56-45-24-16-23-40(46(45)55-50(56)42-31-37(52(4,5)6)32-43(48(42)58)53(7,8)9)33-18-15-19-35(29-33)49-54-44-30-34-17-13-14-22-41(34)47(44)57(49)38-20-11-10-12-21-38/h13-19,22-29,31-32,38,44,47,58H,10-12,20-21,30H2,1-9H3/t44-,47+/m0/s1. The van der Waals surface area contributed by atoms with Crippen molar-refractivity contribution in [3.63, 3.8) is 0 Å². The van der Waals surface area contributed by atoms with Crippen LogP contribution in [-0.4, -0.2) is 37.5 Å². The van der Waals surface area contributed by atoms with E-state index in [0.29, 0.717) is 17.8 Å². The quantitative estimate of drug-likeness (QED) is 0.190. The van der Waals surface area contributed by atoms with Crippen LogP contribution in [0.25, 0.3) is 39.2 Å². The number of hydrogen-bond donors (Lipinski definition) is 1. The molecule has 298 valence electrons. The first kappa shape index (κ1) is 38.4. The molecular weight excluding hydrogens is 709 g/mol. The molecule has 6 aromatic rings. The minimum Gasteiger partial charge on any atom is -0.507 e. The van der Waals surface area contributed by atoms with Crippen LogP contribution in [0, 0.1) is 0 Å². The number of nitrogens with zero attached hydrogens (tertiary/aromatic N) is 4. The molecule has 9 rings (SSSR count). The Morgan fingerprint density at radius 2 is 1.33 bits per heavy atom. The monoisotopic (exact) mass is 768 g/mol. The van der Waals surface area contributed by atoms with Crippen molar-refractivity contribution in [1.82, 2.24) is 14.5 Å². The summed E-state index contributed by atoms with van der Waals surface area (Å²) in [4.78, 5) is 13.9. The van der Waals surface area contributed by atoms with Crippen LogP contribution in [-0.2, 0) is 22.7 Å². The van der Waals surface area contributed by atoms with Gasteiger partial charge in [-0.1, -0.05) is 154 Å². The van der Waals surface area contributed by atoms with Gasteiger partial charge in [0.25, 0.3) is 0 Å². The predicted molar refractivity (Wildman–Crippen MR) is 242 cm³/mol. The summed E-state index contributed by atoms with van der Waals surface area (Å²) < 4.78 is 2.26. The van der Waals surface area contributed by atoms with Crippen LogP contribution in [0.15, 0.2) is 108 Å². The van der Waals surface area contributed by atoms with Crippen LogP contribution < -0.4 is 0 Å². The second kappa shape index (κ2) is 14.0. The molecule has 5 nitrogen and oxygen atoms in total. The smallest absolute Gasteiger partial charge is 0.149 e. The fourth-order valence-electron chi connectivity index (χ4n) is 9.86. The van der Waals surface area contributed by atoms with Crippen LogP contribution in [0.1, 0.15) is 134 Å². The number of benzene rings is 5. The van der Waals surface area contributed by atoms with Gasteiger partial charge in [0.15, 0.2) is 0 Å². The van der Waals surface area contributed by atoms with Crippen molar-refractivity contribution in [2.45, 2.75) is 135 Å². The minimum absolute atomic E-state index is 0.0235. The second-order valence-corrected chi connectivity index (χ2v) is 20.3. The Bertz CT molecular complexity index is 2550. The first-order valence-electron chi connectivity index (χ1n) is 21.6. The van der Waals surface area contributed by atoms with Crippen molar-refractivity contribution in [3.05, 3.63) is 137 Å². The van der Waals surface area contributed by atoms with Gasteiger partial charge in [-0.25, -0.2) is 4.98 Å². The Balaban J connectivity index is 1.22. The van der Waals surface area contributed by atoms with Crippen molar-refractivity contribution in [1.29, 1.82) is 0 Å². The Kier molecular flexibility index (Phi) is 9.26. The molecule has 2 aliphatic carbocycles. The molecule has 1 saturated carbocycles. The van der Waals surface area contributed by atoms with Gasteiger partial charge in [0.05, 0.1) is 28.7 Å². The summed E-state index contributed by atoms with van der Waals surface area (Å²) in [7, 11) is 0. The third-order valence-electron chi connectivity index (χ3n) is 13.1. The molecule has 0 unspecified atom stereocenters. The molecule has 58 heavy (non-hydrogen) atoms. The summed E-state index contributed by atoms with van der Waals surface area (Å²) in [5.41, 5.74) is 13.0. The molecular formula is C53H60N4O. The number of aromatic hydroxyl groups is 1. The van der Waals surface area contributed by atoms with E-state index in [9.17, 15) is 5.11 Å². The van der Waals surface area contributed by atoms with Gasteiger partial charge in [0, 0.05) is 28.4 Å². The number of aliphatic imine (C=N–C) groups is 1. The van der Waals surface area contributed by atoms with Crippen LogP contribution in [0.5, 0.6) is 5.75 Å². The van der Waals surface area contributed by atoms with E-state index in [1.807, 2.05) is 0 Å². The van der Waals surface area contributed by atoms with Crippen molar-refractivity contribution in [3.8, 4) is 34.0 Å². The highest BCUT2D eigenvalue weighted by atomic mass is 16.3. The van der Waals surface area contributed by atoms with E-state index < -0.39 is 0 Å². The maximum atomic E-state index is 12.2. The Morgan fingerprint density at radius 1 is 0.638 bits per heavy atom. The molecule has 0 bridgehead atoms. The number of phenolic OH excluding ortho intramolecular Hbond substituents is 1. The van der Waals surface area contributed by atoms with E-state index in [1.54, 1.807) is 0 Å². The van der Waals surface area contributed by atoms with E-state index in [-0.39, 0.29) is 22.3 Å². The molecule has 3 aliphatic rings. The summed E-state index contributed by atoms with van der Waals surface area (Å²) in [6.45, 7) is 20.0. The molecule has 5 heteroatoms.